The van der Waals surface area contributed by atoms with Gasteiger partial charge >= 0.3 is 0 Å². The summed E-state index contributed by atoms with van der Waals surface area (Å²) < 4.78 is 0. The van der Waals surface area contributed by atoms with Crippen LogP contribution in [0.2, 0.25) is 0 Å². The summed E-state index contributed by atoms with van der Waals surface area (Å²) in [5.41, 5.74) is 14.1. The first-order valence-electron chi connectivity index (χ1n) is 16.7. The van der Waals surface area contributed by atoms with Crippen molar-refractivity contribution < 1.29 is 0 Å². The van der Waals surface area contributed by atoms with Gasteiger partial charge in [0.15, 0.2) is 5.82 Å². The van der Waals surface area contributed by atoms with Crippen molar-refractivity contribution in [2.45, 2.75) is 38.6 Å². The van der Waals surface area contributed by atoms with Crippen LogP contribution in [0.4, 0.5) is 11.4 Å². The van der Waals surface area contributed by atoms with Crippen molar-refractivity contribution in [2.24, 2.45) is 0 Å². The van der Waals surface area contributed by atoms with E-state index in [1.165, 1.54) is 33.6 Å². The molecule has 2 unspecified atom stereocenters. The van der Waals surface area contributed by atoms with E-state index in [2.05, 4.69) is 146 Å². The summed E-state index contributed by atoms with van der Waals surface area (Å²) >= 11 is 0. The summed E-state index contributed by atoms with van der Waals surface area (Å²) in [5.74, 6) is 1.10. The van der Waals surface area contributed by atoms with Gasteiger partial charge in [-0.2, -0.15) is 0 Å². The van der Waals surface area contributed by atoms with Gasteiger partial charge in [0, 0.05) is 34.0 Å². The number of aromatic nitrogens is 2. The highest BCUT2D eigenvalue weighted by atomic mass is 15.2. The smallest absolute Gasteiger partial charge is 0.160 e. The molecular formula is C44H37N3. The number of benzene rings is 5. The van der Waals surface area contributed by atoms with E-state index in [4.69, 9.17) is 9.97 Å². The van der Waals surface area contributed by atoms with Gasteiger partial charge in [-0.15, -0.1) is 0 Å². The Morgan fingerprint density at radius 3 is 1.98 bits per heavy atom. The highest BCUT2D eigenvalue weighted by Gasteiger charge is 2.38. The minimum absolute atomic E-state index is 0.289. The number of aryl methyl sites for hydroxylation is 1. The van der Waals surface area contributed by atoms with Crippen molar-refractivity contribution in [3.63, 3.8) is 0 Å². The van der Waals surface area contributed by atoms with Crippen LogP contribution < -0.4 is 4.90 Å². The van der Waals surface area contributed by atoms with E-state index in [1.54, 1.807) is 0 Å². The zero-order chi connectivity index (χ0) is 31.7. The minimum Gasteiger partial charge on any atom is -0.333 e. The van der Waals surface area contributed by atoms with Gasteiger partial charge in [-0.25, -0.2) is 9.97 Å². The van der Waals surface area contributed by atoms with Gasteiger partial charge in [0.25, 0.3) is 0 Å². The maximum atomic E-state index is 5.06. The second kappa shape index (κ2) is 12.3. The molecule has 0 amide bonds. The average Bonchev–Trinajstić information content (AvgIpc) is 3.48. The maximum absolute atomic E-state index is 5.06. The predicted molar refractivity (Wildman–Crippen MR) is 196 cm³/mol. The fourth-order valence-corrected chi connectivity index (χ4v) is 7.01. The summed E-state index contributed by atoms with van der Waals surface area (Å²) in [5, 5.41) is 0. The van der Waals surface area contributed by atoms with Crippen molar-refractivity contribution in [1.82, 2.24) is 9.97 Å². The van der Waals surface area contributed by atoms with Crippen LogP contribution in [0.3, 0.4) is 0 Å². The molecule has 0 saturated carbocycles. The molecule has 3 nitrogen and oxygen atoms in total. The summed E-state index contributed by atoms with van der Waals surface area (Å²) in [4.78, 5) is 12.5. The Balaban J connectivity index is 1.14. The average molecular weight is 608 g/mol. The predicted octanol–water partition coefficient (Wildman–Crippen LogP) is 11.2. The Bertz CT molecular complexity index is 2050. The van der Waals surface area contributed by atoms with Gasteiger partial charge in [-0.05, 0) is 65.4 Å². The van der Waals surface area contributed by atoms with Crippen LogP contribution in [0, 0.1) is 0 Å². The Morgan fingerprint density at radius 2 is 1.26 bits per heavy atom. The number of fused-ring (bicyclic) bond motifs is 3. The number of anilines is 2. The largest absolute Gasteiger partial charge is 0.333 e. The molecule has 0 fully saturated rings. The molecule has 47 heavy (non-hydrogen) atoms. The Labute approximate surface area is 277 Å². The zero-order valence-corrected chi connectivity index (χ0v) is 26.8. The molecule has 5 aromatic carbocycles. The van der Waals surface area contributed by atoms with E-state index in [0.29, 0.717) is 5.92 Å². The van der Waals surface area contributed by atoms with Crippen LogP contribution in [-0.4, -0.2) is 16.0 Å². The van der Waals surface area contributed by atoms with Gasteiger partial charge in [-0.1, -0.05) is 141 Å². The third-order valence-corrected chi connectivity index (χ3v) is 9.56. The molecule has 3 heteroatoms. The van der Waals surface area contributed by atoms with Crippen LogP contribution in [-0.2, 0) is 6.42 Å². The lowest BCUT2D eigenvalue weighted by molar-refractivity contribution is 0.734. The zero-order valence-electron chi connectivity index (χ0n) is 26.8. The fraction of sp³-hybridized carbons (Fsp3) is 0.136. The molecule has 1 aromatic heterocycles. The summed E-state index contributed by atoms with van der Waals surface area (Å²) in [6, 6.07) is 47.8. The topological polar surface area (TPSA) is 29.0 Å². The molecule has 1 aliphatic carbocycles. The van der Waals surface area contributed by atoms with E-state index in [-0.39, 0.29) is 6.04 Å². The summed E-state index contributed by atoms with van der Waals surface area (Å²) in [6.07, 6.45) is 9.32. The first-order valence-corrected chi connectivity index (χ1v) is 16.7. The molecule has 0 saturated heterocycles. The molecule has 8 rings (SSSR count). The van der Waals surface area contributed by atoms with Crippen LogP contribution in [0.1, 0.15) is 37.3 Å². The maximum Gasteiger partial charge on any atom is 0.160 e. The SMILES string of the molecule is CCC1=CC2c3cc(CC)ccc3N(c3ccc(-c4cccc(-c5cc(-c6ccccc6)nc(-c6ccccc6)n5)c4)cc3)C2C=C1. The Kier molecular flexibility index (Phi) is 7.59. The lowest BCUT2D eigenvalue weighted by Crippen LogP contribution is -2.29. The van der Waals surface area contributed by atoms with Crippen molar-refractivity contribution in [3.05, 3.63) is 168 Å². The fourth-order valence-electron chi connectivity index (χ4n) is 7.01. The second-order valence-corrected chi connectivity index (χ2v) is 12.4. The molecule has 6 aromatic rings. The second-order valence-electron chi connectivity index (χ2n) is 12.4. The molecule has 1 aliphatic heterocycles. The Morgan fingerprint density at radius 1 is 0.574 bits per heavy atom. The van der Waals surface area contributed by atoms with Crippen LogP contribution in [0.25, 0.3) is 45.0 Å². The van der Waals surface area contributed by atoms with E-state index in [1.807, 2.05) is 24.3 Å². The highest BCUT2D eigenvalue weighted by Crippen LogP contribution is 2.49. The number of rotatable bonds is 7. The standard InChI is InChI=1S/C44H37N3/c1-3-30-18-24-42-38(26-30)39-27-31(4-2)19-25-43(39)47(42)37-22-20-32(21-23-37)35-16-11-17-36(28-35)41-29-40(33-12-7-5-8-13-33)45-44(46-41)34-14-9-6-10-15-34/h5-29,38,42H,3-4H2,1-2H3. The van der Waals surface area contributed by atoms with Crippen LogP contribution >= 0.6 is 0 Å². The van der Waals surface area contributed by atoms with Gasteiger partial charge in [-0.3, -0.25) is 0 Å². The number of allylic oxidation sites excluding steroid dienone is 2. The highest BCUT2D eigenvalue weighted by molar-refractivity contribution is 5.79. The van der Waals surface area contributed by atoms with Crippen molar-refractivity contribution >= 4 is 11.4 Å². The first kappa shape index (κ1) is 28.9. The molecule has 0 spiro atoms. The number of hydrogen-bond acceptors (Lipinski definition) is 3. The molecule has 0 N–H and O–H groups in total. The van der Waals surface area contributed by atoms with Crippen LogP contribution in [0.15, 0.2) is 157 Å². The van der Waals surface area contributed by atoms with Crippen molar-refractivity contribution in [1.29, 1.82) is 0 Å². The van der Waals surface area contributed by atoms with Crippen molar-refractivity contribution in [3.8, 4) is 45.0 Å². The number of nitrogens with zero attached hydrogens (tertiary/aromatic N) is 3. The molecular weight excluding hydrogens is 571 g/mol. The normalized spacial score (nSPS) is 16.5. The molecule has 228 valence electrons. The van der Waals surface area contributed by atoms with Gasteiger partial charge < -0.3 is 4.90 Å². The van der Waals surface area contributed by atoms with E-state index < -0.39 is 0 Å². The molecule has 0 radical (unpaired) electrons. The van der Waals surface area contributed by atoms with Gasteiger partial charge in [0.1, 0.15) is 0 Å². The first-order chi connectivity index (χ1) is 23.2. The van der Waals surface area contributed by atoms with Crippen molar-refractivity contribution in [2.75, 3.05) is 4.90 Å². The molecule has 2 heterocycles. The minimum atomic E-state index is 0.289. The summed E-state index contributed by atoms with van der Waals surface area (Å²) in [6.45, 7) is 4.48. The summed E-state index contributed by atoms with van der Waals surface area (Å²) in [7, 11) is 0. The van der Waals surface area contributed by atoms with Gasteiger partial charge in [0.2, 0.25) is 0 Å². The Hall–Kier alpha value is -5.54. The lowest BCUT2D eigenvalue weighted by Gasteiger charge is -2.29. The third-order valence-electron chi connectivity index (χ3n) is 9.56. The molecule has 2 aliphatic rings. The van der Waals surface area contributed by atoms with Gasteiger partial charge in [0.05, 0.1) is 17.4 Å². The monoisotopic (exact) mass is 607 g/mol. The van der Waals surface area contributed by atoms with E-state index in [9.17, 15) is 0 Å². The lowest BCUT2D eigenvalue weighted by atomic mass is 9.87. The molecule has 2 atom stereocenters. The van der Waals surface area contributed by atoms with E-state index >= 15 is 0 Å². The quantitative estimate of drug-likeness (QED) is 0.181. The van der Waals surface area contributed by atoms with E-state index in [0.717, 1.165) is 52.3 Å². The van der Waals surface area contributed by atoms with Crippen LogP contribution in [0.5, 0.6) is 0 Å². The molecule has 0 bridgehead atoms. The third kappa shape index (κ3) is 5.48. The number of hydrogen-bond donors (Lipinski definition) is 0.